The van der Waals surface area contributed by atoms with Gasteiger partial charge in [0.1, 0.15) is 19.3 Å². The smallest absolute Gasteiger partial charge is 0.244 e. The van der Waals surface area contributed by atoms with Crippen molar-refractivity contribution >= 4 is 11.6 Å². The lowest BCUT2D eigenvalue weighted by atomic mass is 10.2. The van der Waals surface area contributed by atoms with E-state index in [4.69, 9.17) is 9.47 Å². The second kappa shape index (κ2) is 5.61. The fourth-order valence-electron chi connectivity index (χ4n) is 2.66. The van der Waals surface area contributed by atoms with Crippen LogP contribution in [0.4, 0.5) is 5.69 Å². The molecule has 0 saturated carbocycles. The molecule has 1 aromatic rings. The minimum atomic E-state index is -0.226. The van der Waals surface area contributed by atoms with Crippen molar-refractivity contribution in [1.29, 1.82) is 0 Å². The molecule has 3 rings (SSSR count). The van der Waals surface area contributed by atoms with Gasteiger partial charge in [0.15, 0.2) is 11.5 Å². The summed E-state index contributed by atoms with van der Waals surface area (Å²) in [5.41, 5.74) is 0.884. The number of amides is 1. The first-order chi connectivity index (χ1) is 9.74. The maximum atomic E-state index is 12.2. The van der Waals surface area contributed by atoms with Crippen LogP contribution in [0.5, 0.6) is 11.5 Å². The van der Waals surface area contributed by atoms with E-state index in [0.29, 0.717) is 13.2 Å². The molecular weight excluding hydrogens is 256 g/mol. The largest absolute Gasteiger partial charge is 0.486 e. The maximum Gasteiger partial charge on any atom is 0.244 e. The van der Waals surface area contributed by atoms with E-state index in [9.17, 15) is 4.79 Å². The third-order valence-corrected chi connectivity index (χ3v) is 3.71. The predicted octanol–water partition coefficient (Wildman–Crippen LogP) is 1.88. The van der Waals surface area contributed by atoms with Gasteiger partial charge in [0.25, 0.3) is 0 Å². The van der Waals surface area contributed by atoms with Crippen LogP contribution in [-0.4, -0.2) is 43.2 Å². The summed E-state index contributed by atoms with van der Waals surface area (Å²) >= 11 is 0. The van der Waals surface area contributed by atoms with Gasteiger partial charge in [-0.1, -0.05) is 0 Å². The van der Waals surface area contributed by atoms with Crippen LogP contribution < -0.4 is 14.8 Å². The van der Waals surface area contributed by atoms with Gasteiger partial charge < -0.3 is 19.7 Å². The fraction of sp³-hybridized carbons (Fsp3) is 0.533. The number of hydrogen-bond acceptors (Lipinski definition) is 4. The number of anilines is 1. The number of likely N-dealkylation sites (tertiary alicyclic amines) is 1. The molecule has 2 aliphatic rings. The minimum absolute atomic E-state index is 0.164. The second-order valence-electron chi connectivity index (χ2n) is 5.26. The van der Waals surface area contributed by atoms with E-state index in [1.807, 2.05) is 30.0 Å². The van der Waals surface area contributed by atoms with E-state index in [-0.39, 0.29) is 11.9 Å². The number of ether oxygens (including phenoxy) is 2. The zero-order chi connectivity index (χ0) is 13.9. The molecule has 2 aliphatic heterocycles. The number of carbonyl (C=O) groups is 1. The molecule has 1 N–H and O–H groups in total. The summed E-state index contributed by atoms with van der Waals surface area (Å²) < 4.78 is 11.0. The van der Waals surface area contributed by atoms with Gasteiger partial charge in [0, 0.05) is 24.8 Å². The average molecular weight is 276 g/mol. The van der Waals surface area contributed by atoms with Crippen molar-refractivity contribution in [3.63, 3.8) is 0 Å². The van der Waals surface area contributed by atoms with Gasteiger partial charge in [0.05, 0.1) is 0 Å². The number of nitrogens with one attached hydrogen (secondary N) is 1. The van der Waals surface area contributed by atoms with Gasteiger partial charge in [-0.15, -0.1) is 0 Å². The predicted molar refractivity (Wildman–Crippen MR) is 76.3 cm³/mol. The number of fused-ring (bicyclic) bond motifs is 1. The molecule has 5 heteroatoms. The standard InChI is InChI=1S/C15H20N2O3/c1-11(15(18)17-6-2-3-7-17)16-12-4-5-13-14(10-12)20-9-8-19-13/h4-5,10-11,16H,2-3,6-9H2,1H3/t11-/m1/s1. The third-order valence-electron chi connectivity index (χ3n) is 3.71. The fourth-order valence-corrected chi connectivity index (χ4v) is 2.66. The molecule has 0 aliphatic carbocycles. The Balaban J connectivity index is 1.66. The van der Waals surface area contributed by atoms with Gasteiger partial charge in [-0.25, -0.2) is 0 Å². The zero-order valence-electron chi connectivity index (χ0n) is 11.7. The minimum Gasteiger partial charge on any atom is -0.486 e. The van der Waals surface area contributed by atoms with Crippen molar-refractivity contribution in [1.82, 2.24) is 4.90 Å². The van der Waals surface area contributed by atoms with Gasteiger partial charge >= 0.3 is 0 Å². The lowest BCUT2D eigenvalue weighted by Crippen LogP contribution is -2.39. The summed E-state index contributed by atoms with van der Waals surface area (Å²) in [4.78, 5) is 14.2. The Bertz CT molecular complexity index is 498. The molecule has 0 spiro atoms. The van der Waals surface area contributed by atoms with Crippen LogP contribution in [0.15, 0.2) is 18.2 Å². The van der Waals surface area contributed by atoms with Crippen LogP contribution in [0.1, 0.15) is 19.8 Å². The van der Waals surface area contributed by atoms with E-state index in [2.05, 4.69) is 5.32 Å². The topological polar surface area (TPSA) is 50.8 Å². The molecule has 1 aromatic carbocycles. The molecule has 1 amide bonds. The van der Waals surface area contributed by atoms with Crippen LogP contribution in [0.3, 0.4) is 0 Å². The molecule has 1 fully saturated rings. The molecule has 0 bridgehead atoms. The van der Waals surface area contributed by atoms with Crippen LogP contribution in [-0.2, 0) is 4.79 Å². The molecule has 108 valence electrons. The Labute approximate surface area is 118 Å². The van der Waals surface area contributed by atoms with Crippen molar-refractivity contribution in [2.45, 2.75) is 25.8 Å². The number of carbonyl (C=O) groups excluding carboxylic acids is 1. The van der Waals surface area contributed by atoms with Gasteiger partial charge in [-0.2, -0.15) is 0 Å². The van der Waals surface area contributed by atoms with Gasteiger partial charge in [-0.3, -0.25) is 4.79 Å². The van der Waals surface area contributed by atoms with Crippen molar-refractivity contribution < 1.29 is 14.3 Å². The Morgan fingerprint density at radius 2 is 1.90 bits per heavy atom. The van der Waals surface area contributed by atoms with Crippen LogP contribution >= 0.6 is 0 Å². The van der Waals surface area contributed by atoms with Crippen molar-refractivity contribution in [3.05, 3.63) is 18.2 Å². The molecule has 1 saturated heterocycles. The quantitative estimate of drug-likeness (QED) is 0.916. The van der Waals surface area contributed by atoms with Gasteiger partial charge in [0.2, 0.25) is 5.91 Å². The Hall–Kier alpha value is -1.91. The molecule has 2 heterocycles. The first-order valence-corrected chi connectivity index (χ1v) is 7.19. The molecule has 20 heavy (non-hydrogen) atoms. The molecular formula is C15H20N2O3. The lowest BCUT2D eigenvalue weighted by Gasteiger charge is -2.23. The lowest BCUT2D eigenvalue weighted by molar-refractivity contribution is -0.130. The van der Waals surface area contributed by atoms with Crippen LogP contribution in [0.2, 0.25) is 0 Å². The first-order valence-electron chi connectivity index (χ1n) is 7.19. The van der Waals surface area contributed by atoms with Crippen LogP contribution in [0, 0.1) is 0 Å². The summed E-state index contributed by atoms with van der Waals surface area (Å²) in [6, 6.07) is 5.46. The van der Waals surface area contributed by atoms with E-state index in [0.717, 1.165) is 43.1 Å². The van der Waals surface area contributed by atoms with Crippen LogP contribution in [0.25, 0.3) is 0 Å². The summed E-state index contributed by atoms with van der Waals surface area (Å²) in [5.74, 6) is 1.67. The average Bonchev–Trinajstić information content (AvgIpc) is 3.00. The highest BCUT2D eigenvalue weighted by Gasteiger charge is 2.23. The summed E-state index contributed by atoms with van der Waals surface area (Å²) in [7, 11) is 0. The number of nitrogens with zero attached hydrogens (tertiary/aromatic N) is 1. The number of rotatable bonds is 3. The molecule has 1 atom stereocenters. The Morgan fingerprint density at radius 1 is 1.20 bits per heavy atom. The number of benzene rings is 1. The van der Waals surface area contributed by atoms with E-state index < -0.39 is 0 Å². The van der Waals surface area contributed by atoms with Gasteiger partial charge in [-0.05, 0) is 31.9 Å². The highest BCUT2D eigenvalue weighted by atomic mass is 16.6. The highest BCUT2D eigenvalue weighted by molar-refractivity contribution is 5.84. The van der Waals surface area contributed by atoms with Crippen molar-refractivity contribution in [3.8, 4) is 11.5 Å². The van der Waals surface area contributed by atoms with E-state index in [1.54, 1.807) is 0 Å². The van der Waals surface area contributed by atoms with Crippen molar-refractivity contribution in [2.24, 2.45) is 0 Å². The van der Waals surface area contributed by atoms with E-state index >= 15 is 0 Å². The molecule has 0 unspecified atom stereocenters. The Kier molecular flexibility index (Phi) is 3.67. The summed E-state index contributed by atoms with van der Waals surface area (Å²) in [5, 5.41) is 3.24. The highest BCUT2D eigenvalue weighted by Crippen LogP contribution is 2.32. The molecule has 5 nitrogen and oxygen atoms in total. The SMILES string of the molecule is C[C@@H](Nc1ccc2c(c1)OCCO2)C(=O)N1CCCC1. The Morgan fingerprint density at radius 3 is 2.65 bits per heavy atom. The molecule has 0 aromatic heterocycles. The zero-order valence-corrected chi connectivity index (χ0v) is 11.7. The number of hydrogen-bond donors (Lipinski definition) is 1. The maximum absolute atomic E-state index is 12.2. The summed E-state index contributed by atoms with van der Waals surface area (Å²) in [6.45, 7) is 4.82. The molecule has 0 radical (unpaired) electrons. The van der Waals surface area contributed by atoms with Crippen molar-refractivity contribution in [2.75, 3.05) is 31.6 Å². The van der Waals surface area contributed by atoms with E-state index in [1.165, 1.54) is 0 Å². The third kappa shape index (κ3) is 2.66. The second-order valence-corrected chi connectivity index (χ2v) is 5.26. The first kappa shape index (κ1) is 13.1. The summed E-state index contributed by atoms with van der Waals surface area (Å²) in [6.07, 6.45) is 2.23. The monoisotopic (exact) mass is 276 g/mol. The normalized spacial score (nSPS) is 18.8.